The number of ether oxygens (including phenoxy) is 1. The van der Waals surface area contributed by atoms with Crippen molar-refractivity contribution in [3.63, 3.8) is 0 Å². The van der Waals surface area contributed by atoms with Crippen LogP contribution in [0, 0.1) is 12.7 Å². The first kappa shape index (κ1) is 15.1. The lowest BCUT2D eigenvalue weighted by Crippen LogP contribution is -2.46. The van der Waals surface area contributed by atoms with Crippen molar-refractivity contribution in [2.24, 2.45) is 0 Å². The molecule has 110 valence electrons. The summed E-state index contributed by atoms with van der Waals surface area (Å²) in [4.78, 5) is 14.6. The number of halogens is 1. The number of carbonyl (C=O) groups is 1. The van der Waals surface area contributed by atoms with Gasteiger partial charge in [0.15, 0.2) is 5.78 Å². The third kappa shape index (κ3) is 3.87. The van der Waals surface area contributed by atoms with Crippen LogP contribution >= 0.6 is 0 Å². The Bertz CT molecular complexity index is 474. The highest BCUT2D eigenvalue weighted by atomic mass is 19.1. The number of morpholine rings is 1. The smallest absolute Gasteiger partial charge is 0.167 e. The van der Waals surface area contributed by atoms with E-state index < -0.39 is 0 Å². The molecule has 2 rings (SSSR count). The van der Waals surface area contributed by atoms with E-state index in [1.807, 2.05) is 6.92 Å². The first-order chi connectivity index (χ1) is 9.60. The summed E-state index contributed by atoms with van der Waals surface area (Å²) >= 11 is 0. The molecular formula is C16H22FNO2. The van der Waals surface area contributed by atoms with Gasteiger partial charge >= 0.3 is 0 Å². The third-order valence-electron chi connectivity index (χ3n) is 3.73. The summed E-state index contributed by atoms with van der Waals surface area (Å²) in [6, 6.07) is 4.58. The van der Waals surface area contributed by atoms with Crippen molar-refractivity contribution >= 4 is 5.78 Å². The van der Waals surface area contributed by atoms with Crippen LogP contribution < -0.4 is 0 Å². The maximum absolute atomic E-state index is 13.3. The van der Waals surface area contributed by atoms with Crippen molar-refractivity contribution in [3.05, 3.63) is 35.1 Å². The van der Waals surface area contributed by atoms with E-state index in [1.54, 1.807) is 6.07 Å². The van der Waals surface area contributed by atoms with Crippen LogP contribution in [0.3, 0.4) is 0 Å². The molecule has 1 aromatic carbocycles. The monoisotopic (exact) mass is 279 g/mol. The van der Waals surface area contributed by atoms with Gasteiger partial charge in [-0.15, -0.1) is 0 Å². The number of hydrogen-bond donors (Lipinski definition) is 0. The molecule has 1 heterocycles. The molecule has 3 nitrogen and oxygen atoms in total. The Kier molecular flexibility index (Phi) is 5.26. The van der Waals surface area contributed by atoms with E-state index in [0.717, 1.165) is 30.6 Å². The average Bonchev–Trinajstić information content (AvgIpc) is 2.43. The van der Waals surface area contributed by atoms with Gasteiger partial charge in [0.05, 0.1) is 6.61 Å². The lowest BCUT2D eigenvalue weighted by molar-refractivity contribution is -0.135. The second kappa shape index (κ2) is 6.95. The summed E-state index contributed by atoms with van der Waals surface area (Å²) in [5.41, 5.74) is 1.70. The molecular weight excluding hydrogens is 257 g/mol. The zero-order chi connectivity index (χ0) is 14.5. The summed E-state index contributed by atoms with van der Waals surface area (Å²) in [6.07, 6.45) is 0.941. The number of carbonyl (C=O) groups excluding carboxylic acids is 1. The molecule has 1 aliphatic rings. The van der Waals surface area contributed by atoms with Crippen LogP contribution in [-0.2, 0) is 16.0 Å². The van der Waals surface area contributed by atoms with Gasteiger partial charge in [0.2, 0.25) is 0 Å². The molecule has 4 heteroatoms. The first-order valence-electron chi connectivity index (χ1n) is 7.22. The van der Waals surface area contributed by atoms with Gasteiger partial charge in [-0.05, 0) is 43.1 Å². The van der Waals surface area contributed by atoms with Gasteiger partial charge in [-0.3, -0.25) is 9.69 Å². The maximum Gasteiger partial charge on any atom is 0.167 e. The second-order valence-electron chi connectivity index (χ2n) is 5.37. The van der Waals surface area contributed by atoms with Crippen LogP contribution in [0.1, 0.15) is 24.5 Å². The van der Waals surface area contributed by atoms with Crippen LogP contribution in [0.2, 0.25) is 0 Å². The average molecular weight is 279 g/mol. The van der Waals surface area contributed by atoms with Crippen LogP contribution in [0.15, 0.2) is 18.2 Å². The number of Topliss-reactive ketones (excluding diaryl/α,β-unsaturated/α-hetero) is 1. The van der Waals surface area contributed by atoms with Crippen LogP contribution in [-0.4, -0.2) is 43.0 Å². The Morgan fingerprint density at radius 2 is 2.30 bits per heavy atom. The molecule has 0 saturated carbocycles. The van der Waals surface area contributed by atoms with Gasteiger partial charge in [0.1, 0.15) is 11.9 Å². The number of benzene rings is 1. The van der Waals surface area contributed by atoms with Crippen molar-refractivity contribution in [2.75, 3.05) is 26.2 Å². The predicted molar refractivity (Wildman–Crippen MR) is 76.3 cm³/mol. The van der Waals surface area contributed by atoms with E-state index in [0.29, 0.717) is 13.2 Å². The molecule has 1 atom stereocenters. The molecule has 0 amide bonds. The fraction of sp³-hybridized carbons (Fsp3) is 0.562. The molecule has 0 spiro atoms. The predicted octanol–water partition coefficient (Wildman–Crippen LogP) is 2.36. The largest absolute Gasteiger partial charge is 0.368 e. The summed E-state index contributed by atoms with van der Waals surface area (Å²) < 4.78 is 18.8. The van der Waals surface area contributed by atoms with Gasteiger partial charge in [0.25, 0.3) is 0 Å². The lowest BCUT2D eigenvalue weighted by Gasteiger charge is -2.32. The van der Waals surface area contributed by atoms with E-state index in [2.05, 4.69) is 11.8 Å². The van der Waals surface area contributed by atoms with Crippen LogP contribution in [0.4, 0.5) is 4.39 Å². The van der Waals surface area contributed by atoms with Gasteiger partial charge in [-0.25, -0.2) is 4.39 Å². The Morgan fingerprint density at radius 3 is 3.05 bits per heavy atom. The molecule has 0 aromatic heterocycles. The van der Waals surface area contributed by atoms with E-state index in [-0.39, 0.29) is 24.1 Å². The van der Waals surface area contributed by atoms with Crippen LogP contribution in [0.25, 0.3) is 0 Å². The fourth-order valence-corrected chi connectivity index (χ4v) is 2.55. The number of ketones is 1. The molecule has 0 N–H and O–H groups in total. The molecule has 1 aliphatic heterocycles. The Balaban J connectivity index is 1.99. The highest BCUT2D eigenvalue weighted by molar-refractivity contribution is 5.85. The highest BCUT2D eigenvalue weighted by Crippen LogP contribution is 2.14. The molecule has 1 aromatic rings. The summed E-state index contributed by atoms with van der Waals surface area (Å²) in [6.45, 7) is 7.15. The minimum absolute atomic E-state index is 0.0412. The van der Waals surface area contributed by atoms with E-state index in [4.69, 9.17) is 4.74 Å². The third-order valence-corrected chi connectivity index (χ3v) is 3.73. The van der Waals surface area contributed by atoms with Gasteiger partial charge < -0.3 is 4.74 Å². The molecule has 20 heavy (non-hydrogen) atoms. The van der Waals surface area contributed by atoms with Gasteiger partial charge in [0, 0.05) is 19.5 Å². The van der Waals surface area contributed by atoms with E-state index in [9.17, 15) is 9.18 Å². The fourth-order valence-electron chi connectivity index (χ4n) is 2.55. The van der Waals surface area contributed by atoms with Crippen molar-refractivity contribution in [3.8, 4) is 0 Å². The molecule has 0 radical (unpaired) electrons. The molecule has 1 saturated heterocycles. The molecule has 1 fully saturated rings. The normalized spacial score (nSPS) is 20.1. The number of aryl methyl sites for hydroxylation is 1. The van der Waals surface area contributed by atoms with E-state index >= 15 is 0 Å². The molecule has 1 unspecified atom stereocenters. The lowest BCUT2D eigenvalue weighted by atomic mass is 10.00. The van der Waals surface area contributed by atoms with Crippen molar-refractivity contribution in [1.82, 2.24) is 4.90 Å². The van der Waals surface area contributed by atoms with Crippen molar-refractivity contribution < 1.29 is 13.9 Å². The van der Waals surface area contributed by atoms with Crippen LogP contribution in [0.5, 0.6) is 0 Å². The maximum atomic E-state index is 13.3. The standard InChI is InChI=1S/C16H22FNO2/c1-3-6-18-7-8-20-16(11-18)15(19)10-13-9-14(17)5-4-12(13)2/h4-5,9,16H,3,6-8,10-11H2,1-2H3. The van der Waals surface area contributed by atoms with Crippen molar-refractivity contribution in [1.29, 1.82) is 0 Å². The highest BCUT2D eigenvalue weighted by Gasteiger charge is 2.26. The minimum atomic E-state index is -0.377. The molecule has 0 aliphatic carbocycles. The Morgan fingerprint density at radius 1 is 1.50 bits per heavy atom. The quantitative estimate of drug-likeness (QED) is 0.828. The number of nitrogens with zero attached hydrogens (tertiary/aromatic N) is 1. The SMILES string of the molecule is CCCN1CCOC(C(=O)Cc2cc(F)ccc2C)C1. The first-order valence-corrected chi connectivity index (χ1v) is 7.22. The minimum Gasteiger partial charge on any atom is -0.368 e. The Labute approximate surface area is 119 Å². The number of rotatable bonds is 5. The zero-order valence-electron chi connectivity index (χ0n) is 12.2. The van der Waals surface area contributed by atoms with Crippen molar-refractivity contribution in [2.45, 2.75) is 32.8 Å². The summed E-state index contributed by atoms with van der Waals surface area (Å²) in [7, 11) is 0. The Hall–Kier alpha value is -1.26. The topological polar surface area (TPSA) is 29.5 Å². The number of hydrogen-bond acceptors (Lipinski definition) is 3. The zero-order valence-corrected chi connectivity index (χ0v) is 12.2. The second-order valence-corrected chi connectivity index (χ2v) is 5.37. The summed E-state index contributed by atoms with van der Waals surface area (Å²) in [5.74, 6) is -0.255. The van der Waals surface area contributed by atoms with Gasteiger partial charge in [-0.2, -0.15) is 0 Å². The van der Waals surface area contributed by atoms with Gasteiger partial charge in [-0.1, -0.05) is 13.0 Å². The molecule has 0 bridgehead atoms. The summed E-state index contributed by atoms with van der Waals surface area (Å²) in [5, 5.41) is 0. The van der Waals surface area contributed by atoms with E-state index in [1.165, 1.54) is 12.1 Å².